The van der Waals surface area contributed by atoms with Crippen molar-refractivity contribution in [2.75, 3.05) is 0 Å². The molecule has 0 aliphatic carbocycles. The average Bonchev–Trinajstić information content (AvgIpc) is 2.27. The van der Waals surface area contributed by atoms with Crippen LogP contribution in [0.5, 0.6) is 5.75 Å². The van der Waals surface area contributed by atoms with E-state index < -0.39 is 17.2 Å². The number of phenolic OH excluding ortho intramolecular Hbond substituents is 1. The van der Waals surface area contributed by atoms with Crippen LogP contribution < -0.4 is 0 Å². The molecule has 0 aliphatic heterocycles. The molecular formula is C16H23Br2NO3. The lowest BCUT2D eigenvalue weighted by Gasteiger charge is -2.37. The minimum Gasteiger partial charge on any atom is -0.506 e. The summed E-state index contributed by atoms with van der Waals surface area (Å²) in [6.45, 7) is 11.5. The van der Waals surface area contributed by atoms with Gasteiger partial charge >= 0.3 is 6.09 Å². The Balaban J connectivity index is 3.14. The van der Waals surface area contributed by atoms with E-state index in [-0.39, 0.29) is 12.3 Å². The van der Waals surface area contributed by atoms with Gasteiger partial charge in [0, 0.05) is 15.6 Å². The van der Waals surface area contributed by atoms with Gasteiger partial charge in [0.05, 0.1) is 11.0 Å². The zero-order valence-corrected chi connectivity index (χ0v) is 17.0. The van der Waals surface area contributed by atoms with Crippen LogP contribution in [0.2, 0.25) is 0 Å². The molecule has 0 atom stereocenters. The summed E-state index contributed by atoms with van der Waals surface area (Å²) >= 11 is 6.71. The lowest BCUT2D eigenvalue weighted by atomic mass is 10.0. The van der Waals surface area contributed by atoms with Crippen LogP contribution in [-0.2, 0) is 11.3 Å². The maximum atomic E-state index is 12.5. The molecule has 0 saturated heterocycles. The van der Waals surface area contributed by atoms with E-state index in [1.165, 1.54) is 0 Å². The monoisotopic (exact) mass is 435 g/mol. The van der Waals surface area contributed by atoms with Gasteiger partial charge in [0.15, 0.2) is 0 Å². The molecule has 1 amide bonds. The molecule has 0 bridgehead atoms. The third-order valence-corrected chi connectivity index (χ3v) is 3.92. The summed E-state index contributed by atoms with van der Waals surface area (Å²) in [6, 6.07) is 3.55. The Hall–Kier alpha value is -0.750. The van der Waals surface area contributed by atoms with Crippen molar-refractivity contribution in [3.63, 3.8) is 0 Å². The molecule has 1 aromatic carbocycles. The first-order chi connectivity index (χ1) is 9.81. The van der Waals surface area contributed by atoms with Gasteiger partial charge in [0.2, 0.25) is 0 Å². The van der Waals surface area contributed by atoms with Crippen molar-refractivity contribution in [2.45, 2.75) is 59.2 Å². The molecule has 0 saturated carbocycles. The van der Waals surface area contributed by atoms with Gasteiger partial charge in [0.1, 0.15) is 11.4 Å². The Bertz CT molecular complexity index is 560. The minimum absolute atomic E-state index is 0.126. The van der Waals surface area contributed by atoms with Crippen molar-refractivity contribution in [3.05, 3.63) is 26.6 Å². The molecule has 0 radical (unpaired) electrons. The Kier molecular flexibility index (Phi) is 5.95. The number of nitrogens with zero attached hydrogens (tertiary/aromatic N) is 1. The topological polar surface area (TPSA) is 49.8 Å². The summed E-state index contributed by atoms with van der Waals surface area (Å²) in [5, 5.41) is 10.2. The van der Waals surface area contributed by atoms with Gasteiger partial charge in [-0.25, -0.2) is 4.79 Å². The number of amides is 1. The van der Waals surface area contributed by atoms with Crippen molar-refractivity contribution >= 4 is 38.0 Å². The number of ether oxygens (including phenoxy) is 1. The smallest absolute Gasteiger partial charge is 0.411 e. The predicted octanol–water partition coefficient (Wildman–Crippen LogP) is 5.45. The first kappa shape index (κ1) is 19.3. The van der Waals surface area contributed by atoms with E-state index in [0.717, 1.165) is 4.47 Å². The molecule has 6 heteroatoms. The zero-order valence-electron chi connectivity index (χ0n) is 13.8. The zero-order chi connectivity index (χ0) is 17.3. The molecule has 0 fully saturated rings. The van der Waals surface area contributed by atoms with Crippen molar-refractivity contribution in [3.8, 4) is 5.75 Å². The molecule has 1 rings (SSSR count). The fourth-order valence-corrected chi connectivity index (χ4v) is 3.12. The third kappa shape index (κ3) is 5.47. The van der Waals surface area contributed by atoms with Crippen molar-refractivity contribution < 1.29 is 14.6 Å². The second-order valence-electron chi connectivity index (χ2n) is 7.13. The highest BCUT2D eigenvalue weighted by molar-refractivity contribution is 9.11. The van der Waals surface area contributed by atoms with Gasteiger partial charge in [-0.3, -0.25) is 4.90 Å². The highest BCUT2D eigenvalue weighted by Crippen LogP contribution is 2.34. The van der Waals surface area contributed by atoms with Gasteiger partial charge in [0.25, 0.3) is 0 Å². The largest absolute Gasteiger partial charge is 0.506 e. The van der Waals surface area contributed by atoms with E-state index in [1.807, 2.05) is 41.5 Å². The number of benzene rings is 1. The van der Waals surface area contributed by atoms with Crippen molar-refractivity contribution in [2.24, 2.45) is 0 Å². The van der Waals surface area contributed by atoms with E-state index in [0.29, 0.717) is 10.0 Å². The number of rotatable bonds is 2. The molecule has 124 valence electrons. The van der Waals surface area contributed by atoms with Crippen LogP contribution >= 0.6 is 31.9 Å². The van der Waals surface area contributed by atoms with E-state index >= 15 is 0 Å². The van der Waals surface area contributed by atoms with E-state index in [4.69, 9.17) is 4.74 Å². The number of phenols is 1. The quantitative estimate of drug-likeness (QED) is 0.670. The molecule has 4 nitrogen and oxygen atoms in total. The van der Waals surface area contributed by atoms with Crippen molar-refractivity contribution in [1.29, 1.82) is 0 Å². The van der Waals surface area contributed by atoms with Crippen LogP contribution in [0.4, 0.5) is 4.79 Å². The van der Waals surface area contributed by atoms with E-state index in [1.54, 1.807) is 17.0 Å². The van der Waals surface area contributed by atoms with Crippen LogP contribution in [-0.4, -0.2) is 27.2 Å². The molecule has 0 spiro atoms. The maximum Gasteiger partial charge on any atom is 0.411 e. The van der Waals surface area contributed by atoms with Crippen LogP contribution in [0.15, 0.2) is 21.1 Å². The molecule has 0 unspecified atom stereocenters. The molecule has 1 N–H and O–H groups in total. The Morgan fingerprint density at radius 2 is 1.73 bits per heavy atom. The summed E-state index contributed by atoms with van der Waals surface area (Å²) < 4.78 is 6.88. The molecular weight excluding hydrogens is 414 g/mol. The summed E-state index contributed by atoms with van der Waals surface area (Å²) in [5.41, 5.74) is -0.369. The highest BCUT2D eigenvalue weighted by Gasteiger charge is 2.31. The molecule has 0 aromatic heterocycles. The first-order valence-corrected chi connectivity index (χ1v) is 8.57. The second-order valence-corrected chi connectivity index (χ2v) is 8.90. The summed E-state index contributed by atoms with van der Waals surface area (Å²) in [4.78, 5) is 14.1. The van der Waals surface area contributed by atoms with Gasteiger partial charge in [-0.05, 0) is 69.6 Å². The second kappa shape index (κ2) is 6.79. The fourth-order valence-electron chi connectivity index (χ4n) is 1.80. The standard InChI is InChI=1S/C16H23Br2NO3/c1-15(2,3)19(14(21)22-16(4,5)6)9-10-7-11(17)8-12(18)13(10)20/h7-8,20H,9H2,1-6H3. The van der Waals surface area contributed by atoms with Gasteiger partial charge in [-0.2, -0.15) is 0 Å². The average molecular weight is 437 g/mol. The number of halogens is 2. The molecule has 22 heavy (non-hydrogen) atoms. The molecule has 0 heterocycles. The normalized spacial score (nSPS) is 12.2. The fraction of sp³-hybridized carbons (Fsp3) is 0.562. The molecule has 0 aliphatic rings. The first-order valence-electron chi connectivity index (χ1n) is 6.99. The Labute approximate surface area is 149 Å². The van der Waals surface area contributed by atoms with Crippen LogP contribution in [0.1, 0.15) is 47.1 Å². The summed E-state index contributed by atoms with van der Waals surface area (Å²) in [7, 11) is 0. The lowest BCUT2D eigenvalue weighted by molar-refractivity contribution is 0.00358. The summed E-state index contributed by atoms with van der Waals surface area (Å²) in [5.74, 6) is 0.126. The van der Waals surface area contributed by atoms with Crippen LogP contribution in [0.3, 0.4) is 0 Å². The van der Waals surface area contributed by atoms with Crippen LogP contribution in [0, 0.1) is 0 Å². The van der Waals surface area contributed by atoms with Gasteiger partial charge in [-0.1, -0.05) is 15.9 Å². The minimum atomic E-state index is -0.569. The highest BCUT2D eigenvalue weighted by atomic mass is 79.9. The Morgan fingerprint density at radius 3 is 2.18 bits per heavy atom. The van der Waals surface area contributed by atoms with Gasteiger partial charge in [-0.15, -0.1) is 0 Å². The SMILES string of the molecule is CC(C)(C)OC(=O)N(Cc1cc(Br)cc(Br)c1O)C(C)(C)C. The number of carbonyl (C=O) groups excluding carboxylic acids is 1. The number of aromatic hydroxyl groups is 1. The number of carbonyl (C=O) groups is 1. The third-order valence-electron chi connectivity index (χ3n) is 2.86. The van der Waals surface area contributed by atoms with Gasteiger partial charge < -0.3 is 9.84 Å². The van der Waals surface area contributed by atoms with E-state index in [2.05, 4.69) is 31.9 Å². The predicted molar refractivity (Wildman–Crippen MR) is 95.0 cm³/mol. The number of hydrogen-bond donors (Lipinski definition) is 1. The van der Waals surface area contributed by atoms with Crippen LogP contribution in [0.25, 0.3) is 0 Å². The Morgan fingerprint density at radius 1 is 1.18 bits per heavy atom. The maximum absolute atomic E-state index is 12.5. The van der Waals surface area contributed by atoms with E-state index in [9.17, 15) is 9.90 Å². The molecule has 1 aromatic rings. The lowest BCUT2D eigenvalue weighted by Crippen LogP contribution is -2.47. The number of hydrogen-bond acceptors (Lipinski definition) is 3. The summed E-state index contributed by atoms with van der Waals surface area (Å²) in [6.07, 6.45) is -0.407. The van der Waals surface area contributed by atoms with Crippen molar-refractivity contribution in [1.82, 2.24) is 4.90 Å².